The molecule has 0 radical (unpaired) electrons. The summed E-state index contributed by atoms with van der Waals surface area (Å²) < 4.78 is 16.4. The maximum absolute atomic E-state index is 10.8. The van der Waals surface area contributed by atoms with Gasteiger partial charge >= 0.3 is 0 Å². The third-order valence-electron chi connectivity index (χ3n) is 4.90. The van der Waals surface area contributed by atoms with Gasteiger partial charge in [0.05, 0.1) is 26.4 Å². The van der Waals surface area contributed by atoms with Gasteiger partial charge in [0.25, 0.3) is 0 Å². The highest BCUT2D eigenvalue weighted by atomic mass is 16.5. The van der Waals surface area contributed by atoms with E-state index in [1.807, 2.05) is 36.4 Å². The molecule has 1 N–H and O–H groups in total. The smallest absolute Gasteiger partial charge is 0.216 e. The van der Waals surface area contributed by atoms with Crippen molar-refractivity contribution in [1.82, 2.24) is 0 Å². The molecule has 2 aromatic carbocycles. The van der Waals surface area contributed by atoms with Crippen molar-refractivity contribution in [3.8, 4) is 11.5 Å². The monoisotopic (exact) mass is 369 g/mol. The second kappa shape index (κ2) is 8.44. The molecule has 1 aliphatic rings. The van der Waals surface area contributed by atoms with Crippen LogP contribution in [0.5, 0.6) is 11.5 Å². The first-order chi connectivity index (χ1) is 13.0. The molecule has 0 amide bonds. The van der Waals surface area contributed by atoms with E-state index in [0.29, 0.717) is 36.3 Å². The van der Waals surface area contributed by atoms with Crippen LogP contribution in [-0.4, -0.2) is 37.9 Å². The van der Waals surface area contributed by atoms with Gasteiger partial charge in [0.2, 0.25) is 5.90 Å². The second-order valence-corrected chi connectivity index (χ2v) is 7.05. The highest BCUT2D eigenvalue weighted by molar-refractivity contribution is 5.96. The van der Waals surface area contributed by atoms with Crippen LogP contribution < -0.4 is 9.47 Å². The zero-order chi connectivity index (χ0) is 19.4. The van der Waals surface area contributed by atoms with Crippen molar-refractivity contribution in [3.05, 3.63) is 59.2 Å². The van der Waals surface area contributed by atoms with E-state index < -0.39 is 6.10 Å². The minimum atomic E-state index is -0.672. The molecular formula is C22H27NO4. The first-order valence-electron chi connectivity index (χ1n) is 9.22. The van der Waals surface area contributed by atoms with E-state index in [1.165, 1.54) is 0 Å². The van der Waals surface area contributed by atoms with E-state index in [1.54, 1.807) is 20.3 Å². The minimum absolute atomic E-state index is 0.184. The Hall–Kier alpha value is -2.53. The van der Waals surface area contributed by atoms with E-state index >= 15 is 0 Å². The predicted octanol–water partition coefficient (Wildman–Crippen LogP) is 3.78. The summed E-state index contributed by atoms with van der Waals surface area (Å²) in [4.78, 5) is 4.72. The quantitative estimate of drug-likeness (QED) is 0.807. The van der Waals surface area contributed by atoms with E-state index in [0.717, 1.165) is 16.7 Å². The van der Waals surface area contributed by atoms with Gasteiger partial charge in [0.15, 0.2) is 11.5 Å². The Kier molecular flexibility index (Phi) is 6.01. The topological polar surface area (TPSA) is 60.3 Å². The van der Waals surface area contributed by atoms with Crippen LogP contribution in [-0.2, 0) is 11.2 Å². The fourth-order valence-corrected chi connectivity index (χ4v) is 3.17. The number of hydrogen-bond donors (Lipinski definition) is 1. The summed E-state index contributed by atoms with van der Waals surface area (Å²) in [5.41, 5.74) is 2.72. The molecule has 0 saturated heterocycles. The summed E-state index contributed by atoms with van der Waals surface area (Å²) in [7, 11) is 3.18. The highest BCUT2D eigenvalue weighted by Gasteiger charge is 2.25. The molecule has 2 aromatic rings. The SMILES string of the molecule is COc1ccc(C(O)Cc2ccccc2C2=N[C@@H](C(C)C)CO2)cc1OC. The number of ether oxygens (including phenoxy) is 3. The molecule has 2 atom stereocenters. The van der Waals surface area contributed by atoms with Gasteiger partial charge in [-0.3, -0.25) is 0 Å². The second-order valence-electron chi connectivity index (χ2n) is 7.05. The van der Waals surface area contributed by atoms with Crippen molar-refractivity contribution in [2.75, 3.05) is 20.8 Å². The van der Waals surface area contributed by atoms with Gasteiger partial charge in [-0.1, -0.05) is 38.1 Å². The number of rotatable bonds is 7. The Balaban J connectivity index is 1.83. The lowest BCUT2D eigenvalue weighted by Gasteiger charge is -2.16. The molecule has 27 heavy (non-hydrogen) atoms. The van der Waals surface area contributed by atoms with Gasteiger partial charge in [-0.2, -0.15) is 0 Å². The molecule has 144 valence electrons. The number of aliphatic hydroxyl groups is 1. The van der Waals surface area contributed by atoms with E-state index in [4.69, 9.17) is 19.2 Å². The number of hydrogen-bond acceptors (Lipinski definition) is 5. The van der Waals surface area contributed by atoms with Crippen LogP contribution in [0.25, 0.3) is 0 Å². The van der Waals surface area contributed by atoms with Crippen molar-refractivity contribution < 1.29 is 19.3 Å². The van der Waals surface area contributed by atoms with Gasteiger partial charge in [-0.15, -0.1) is 0 Å². The number of aliphatic imine (C=N–C) groups is 1. The normalized spacial score (nSPS) is 17.4. The van der Waals surface area contributed by atoms with Crippen molar-refractivity contribution in [1.29, 1.82) is 0 Å². The largest absolute Gasteiger partial charge is 0.493 e. The summed E-state index contributed by atoms with van der Waals surface area (Å²) in [5, 5.41) is 10.8. The lowest BCUT2D eigenvalue weighted by Crippen LogP contribution is -2.13. The summed E-state index contributed by atoms with van der Waals surface area (Å²) in [6.07, 6.45) is -0.214. The predicted molar refractivity (Wildman–Crippen MR) is 106 cm³/mol. The molecule has 0 aromatic heterocycles. The molecule has 0 spiro atoms. The number of nitrogens with zero attached hydrogens (tertiary/aromatic N) is 1. The number of benzene rings is 2. The maximum atomic E-state index is 10.8. The summed E-state index contributed by atoms with van der Waals surface area (Å²) >= 11 is 0. The lowest BCUT2D eigenvalue weighted by molar-refractivity contribution is 0.177. The van der Waals surface area contributed by atoms with Crippen molar-refractivity contribution in [3.63, 3.8) is 0 Å². The molecule has 0 fully saturated rings. The van der Waals surface area contributed by atoms with Gasteiger partial charge in [0, 0.05) is 12.0 Å². The van der Waals surface area contributed by atoms with Crippen LogP contribution >= 0.6 is 0 Å². The molecule has 1 unspecified atom stereocenters. The minimum Gasteiger partial charge on any atom is -0.493 e. The van der Waals surface area contributed by atoms with Gasteiger partial charge in [0.1, 0.15) is 6.61 Å². The third-order valence-corrected chi connectivity index (χ3v) is 4.90. The third kappa shape index (κ3) is 4.25. The summed E-state index contributed by atoms with van der Waals surface area (Å²) in [6, 6.07) is 13.6. The Morgan fingerprint density at radius 3 is 2.52 bits per heavy atom. The summed E-state index contributed by atoms with van der Waals surface area (Å²) in [6.45, 7) is 4.90. The van der Waals surface area contributed by atoms with Gasteiger partial charge < -0.3 is 19.3 Å². The molecular weight excluding hydrogens is 342 g/mol. The highest BCUT2D eigenvalue weighted by Crippen LogP contribution is 2.31. The first kappa shape index (κ1) is 19.2. The van der Waals surface area contributed by atoms with Crippen LogP contribution in [0.15, 0.2) is 47.5 Å². The molecule has 1 aliphatic heterocycles. The Morgan fingerprint density at radius 1 is 1.11 bits per heavy atom. The zero-order valence-electron chi connectivity index (χ0n) is 16.3. The van der Waals surface area contributed by atoms with Crippen molar-refractivity contribution in [2.24, 2.45) is 10.9 Å². The molecule has 1 heterocycles. The van der Waals surface area contributed by atoms with Crippen molar-refractivity contribution >= 4 is 5.90 Å². The van der Waals surface area contributed by atoms with E-state index in [2.05, 4.69) is 13.8 Å². The maximum Gasteiger partial charge on any atom is 0.216 e. The van der Waals surface area contributed by atoms with Crippen LogP contribution in [0.3, 0.4) is 0 Å². The number of methoxy groups -OCH3 is 2. The Morgan fingerprint density at radius 2 is 1.85 bits per heavy atom. The van der Waals surface area contributed by atoms with E-state index in [9.17, 15) is 5.11 Å². The molecule has 5 heteroatoms. The average Bonchev–Trinajstić information content (AvgIpc) is 3.18. The molecule has 5 nitrogen and oxygen atoms in total. The molecule has 0 saturated carbocycles. The van der Waals surface area contributed by atoms with E-state index in [-0.39, 0.29) is 6.04 Å². The van der Waals surface area contributed by atoms with Crippen LogP contribution in [0.2, 0.25) is 0 Å². The average molecular weight is 369 g/mol. The Labute approximate surface area is 160 Å². The molecule has 0 bridgehead atoms. The lowest BCUT2D eigenvalue weighted by atomic mass is 9.97. The summed E-state index contributed by atoms with van der Waals surface area (Å²) in [5.74, 6) is 2.35. The standard InChI is InChI=1S/C22H27NO4/c1-14(2)18-13-27-22(23-18)17-8-6-5-7-15(17)11-19(24)16-9-10-20(25-3)21(12-16)26-4/h5-10,12,14,18-19,24H,11,13H2,1-4H3/t18-,19?/m1/s1. The van der Waals surface area contributed by atoms with Gasteiger partial charge in [-0.25, -0.2) is 4.99 Å². The first-order valence-corrected chi connectivity index (χ1v) is 9.22. The van der Waals surface area contributed by atoms with Crippen LogP contribution in [0.4, 0.5) is 0 Å². The Bertz CT molecular complexity index is 816. The fraction of sp³-hybridized carbons (Fsp3) is 0.409. The van der Waals surface area contributed by atoms with Crippen LogP contribution in [0.1, 0.15) is 36.6 Å². The molecule has 3 rings (SSSR count). The molecule has 0 aliphatic carbocycles. The van der Waals surface area contributed by atoms with Gasteiger partial charge in [-0.05, 0) is 35.2 Å². The van der Waals surface area contributed by atoms with Crippen LogP contribution in [0, 0.1) is 5.92 Å². The number of aliphatic hydroxyl groups excluding tert-OH is 1. The van der Waals surface area contributed by atoms with Crippen molar-refractivity contribution in [2.45, 2.75) is 32.4 Å². The zero-order valence-corrected chi connectivity index (χ0v) is 16.3. The fourth-order valence-electron chi connectivity index (χ4n) is 3.17.